The molecule has 0 heterocycles. The minimum absolute atomic E-state index is 0.0544. The van der Waals surface area contributed by atoms with E-state index in [9.17, 15) is 14.4 Å². The summed E-state index contributed by atoms with van der Waals surface area (Å²) in [4.78, 5) is 33.0. The number of carbonyl (C=O) groups excluding carboxylic acids is 3. The van der Waals surface area contributed by atoms with E-state index in [-0.39, 0.29) is 12.4 Å². The maximum absolute atomic E-state index is 11.3. The number of carbonyl (C=O) groups is 3. The summed E-state index contributed by atoms with van der Waals surface area (Å²) in [6, 6.07) is 6.33. The number of ether oxygens (including phenoxy) is 2. The van der Waals surface area contributed by atoms with Gasteiger partial charge in [-0.1, -0.05) is 0 Å². The van der Waals surface area contributed by atoms with Crippen LogP contribution in [0.1, 0.15) is 24.2 Å². The van der Waals surface area contributed by atoms with Crippen molar-refractivity contribution in [2.75, 3.05) is 6.61 Å². The number of ketones is 1. The molecule has 19 heavy (non-hydrogen) atoms. The zero-order valence-electron chi connectivity index (χ0n) is 10.7. The molecule has 0 aromatic heterocycles. The number of benzene rings is 1. The molecule has 0 fully saturated rings. The minimum Gasteiger partial charge on any atom is -0.482 e. The van der Waals surface area contributed by atoms with Crippen LogP contribution in [0.2, 0.25) is 0 Å². The van der Waals surface area contributed by atoms with E-state index in [0.717, 1.165) is 0 Å². The Labute approximate surface area is 110 Å². The Morgan fingerprint density at radius 2 is 1.79 bits per heavy atom. The molecule has 1 aromatic rings. The fourth-order valence-electron chi connectivity index (χ4n) is 1.22. The number of hydrogen-bond acceptors (Lipinski definition) is 5. The van der Waals surface area contributed by atoms with Gasteiger partial charge in [0, 0.05) is 5.56 Å². The second kappa shape index (κ2) is 6.53. The predicted molar refractivity (Wildman–Crippen MR) is 66.7 cm³/mol. The molecule has 0 aliphatic rings. The van der Waals surface area contributed by atoms with E-state index in [1.807, 2.05) is 0 Å². The van der Waals surface area contributed by atoms with Crippen LogP contribution in [0, 0.1) is 0 Å². The summed E-state index contributed by atoms with van der Waals surface area (Å²) < 4.78 is 9.85. The van der Waals surface area contributed by atoms with Gasteiger partial charge in [0.05, 0.1) is 0 Å². The molecule has 102 valence electrons. The molecule has 0 spiro atoms. The van der Waals surface area contributed by atoms with Crippen LogP contribution in [0.15, 0.2) is 24.3 Å². The van der Waals surface area contributed by atoms with Gasteiger partial charge < -0.3 is 15.2 Å². The van der Waals surface area contributed by atoms with Crippen molar-refractivity contribution in [1.82, 2.24) is 0 Å². The molecular formula is C13H15NO5. The summed E-state index contributed by atoms with van der Waals surface area (Å²) in [5, 5.41) is 0. The number of esters is 1. The van der Waals surface area contributed by atoms with Crippen LogP contribution in [0.4, 0.5) is 0 Å². The largest absolute Gasteiger partial charge is 0.482 e. The maximum Gasteiger partial charge on any atom is 0.344 e. The molecule has 2 N–H and O–H groups in total. The average Bonchev–Trinajstić information content (AvgIpc) is 2.36. The van der Waals surface area contributed by atoms with Crippen LogP contribution >= 0.6 is 0 Å². The molecule has 0 aliphatic carbocycles. The highest BCUT2D eigenvalue weighted by molar-refractivity contribution is 5.94. The lowest BCUT2D eigenvalue weighted by Gasteiger charge is -2.10. The number of amides is 1. The van der Waals surface area contributed by atoms with E-state index < -0.39 is 18.0 Å². The van der Waals surface area contributed by atoms with Gasteiger partial charge in [0.2, 0.25) is 0 Å². The van der Waals surface area contributed by atoms with Crippen molar-refractivity contribution in [3.8, 4) is 5.75 Å². The van der Waals surface area contributed by atoms with Crippen molar-refractivity contribution in [1.29, 1.82) is 0 Å². The molecule has 1 atom stereocenters. The van der Waals surface area contributed by atoms with Crippen molar-refractivity contribution in [3.05, 3.63) is 29.8 Å². The first-order valence-electron chi connectivity index (χ1n) is 5.62. The quantitative estimate of drug-likeness (QED) is 0.603. The highest BCUT2D eigenvalue weighted by Crippen LogP contribution is 2.12. The van der Waals surface area contributed by atoms with Crippen LogP contribution in [0.25, 0.3) is 0 Å². The third-order valence-electron chi connectivity index (χ3n) is 2.33. The van der Waals surface area contributed by atoms with Crippen LogP contribution in [0.3, 0.4) is 0 Å². The zero-order valence-corrected chi connectivity index (χ0v) is 10.7. The SMILES string of the molecule is CC(=O)c1ccc(OCC(=O)O[C@H](C)C(N)=O)cc1. The third-order valence-corrected chi connectivity index (χ3v) is 2.33. The number of rotatable bonds is 6. The summed E-state index contributed by atoms with van der Waals surface area (Å²) >= 11 is 0. The van der Waals surface area contributed by atoms with E-state index in [2.05, 4.69) is 0 Å². The van der Waals surface area contributed by atoms with Crippen molar-refractivity contribution in [2.24, 2.45) is 5.73 Å². The number of Topliss-reactive ketones (excluding diaryl/α,β-unsaturated/α-hetero) is 1. The molecule has 0 radical (unpaired) electrons. The van der Waals surface area contributed by atoms with Crippen LogP contribution in [-0.4, -0.2) is 30.4 Å². The molecule has 0 saturated carbocycles. The van der Waals surface area contributed by atoms with Gasteiger partial charge in [-0.15, -0.1) is 0 Å². The fraction of sp³-hybridized carbons (Fsp3) is 0.308. The van der Waals surface area contributed by atoms with Crippen LogP contribution in [0.5, 0.6) is 5.75 Å². The fourth-order valence-corrected chi connectivity index (χ4v) is 1.22. The van der Waals surface area contributed by atoms with Gasteiger partial charge in [0.15, 0.2) is 18.5 Å². The van der Waals surface area contributed by atoms with Crippen molar-refractivity contribution in [2.45, 2.75) is 20.0 Å². The van der Waals surface area contributed by atoms with Gasteiger partial charge in [-0.05, 0) is 38.1 Å². The number of primary amides is 1. The second-order valence-corrected chi connectivity index (χ2v) is 3.90. The van der Waals surface area contributed by atoms with E-state index in [1.165, 1.54) is 13.8 Å². The standard InChI is InChI=1S/C13H15NO5/c1-8(15)10-3-5-11(6-4-10)18-7-12(16)19-9(2)13(14)17/h3-6,9H,7H2,1-2H3,(H2,14,17)/t9-/m1/s1. The van der Waals surface area contributed by atoms with Gasteiger partial charge in [-0.25, -0.2) is 4.79 Å². The summed E-state index contributed by atoms with van der Waals surface area (Å²) in [7, 11) is 0. The molecule has 0 unspecified atom stereocenters. The molecule has 6 heteroatoms. The monoisotopic (exact) mass is 265 g/mol. The summed E-state index contributed by atoms with van der Waals surface area (Å²) in [6.45, 7) is 2.50. The second-order valence-electron chi connectivity index (χ2n) is 3.90. The summed E-state index contributed by atoms with van der Waals surface area (Å²) in [5.41, 5.74) is 5.50. The first kappa shape index (κ1) is 14.7. The van der Waals surface area contributed by atoms with E-state index in [0.29, 0.717) is 11.3 Å². The van der Waals surface area contributed by atoms with Crippen molar-refractivity contribution in [3.63, 3.8) is 0 Å². The Hall–Kier alpha value is -2.37. The normalized spacial score (nSPS) is 11.5. The minimum atomic E-state index is -0.990. The number of nitrogens with two attached hydrogens (primary N) is 1. The smallest absolute Gasteiger partial charge is 0.344 e. The highest BCUT2D eigenvalue weighted by atomic mass is 16.6. The number of hydrogen-bond donors (Lipinski definition) is 1. The summed E-state index contributed by atoms with van der Waals surface area (Å²) in [5.74, 6) is -1.05. The molecule has 0 bridgehead atoms. The Morgan fingerprint density at radius 3 is 2.26 bits per heavy atom. The maximum atomic E-state index is 11.3. The molecule has 6 nitrogen and oxygen atoms in total. The zero-order chi connectivity index (χ0) is 14.4. The van der Waals surface area contributed by atoms with Crippen LogP contribution < -0.4 is 10.5 Å². The van der Waals surface area contributed by atoms with E-state index in [4.69, 9.17) is 15.2 Å². The lowest BCUT2D eigenvalue weighted by Crippen LogP contribution is -2.32. The van der Waals surface area contributed by atoms with Crippen LogP contribution in [-0.2, 0) is 14.3 Å². The van der Waals surface area contributed by atoms with Gasteiger partial charge in [-0.2, -0.15) is 0 Å². The topological polar surface area (TPSA) is 95.7 Å². The summed E-state index contributed by atoms with van der Waals surface area (Å²) in [6.07, 6.45) is -0.990. The molecule has 1 amide bonds. The van der Waals surface area contributed by atoms with Gasteiger partial charge >= 0.3 is 5.97 Å². The molecular weight excluding hydrogens is 250 g/mol. The Morgan fingerprint density at radius 1 is 1.21 bits per heavy atom. The molecule has 1 aromatic carbocycles. The van der Waals surface area contributed by atoms with Gasteiger partial charge in [-0.3, -0.25) is 9.59 Å². The first-order chi connectivity index (χ1) is 8.90. The van der Waals surface area contributed by atoms with E-state index >= 15 is 0 Å². The van der Waals surface area contributed by atoms with E-state index in [1.54, 1.807) is 24.3 Å². The molecule has 1 rings (SSSR count). The average molecular weight is 265 g/mol. The van der Waals surface area contributed by atoms with Crippen molar-refractivity contribution >= 4 is 17.7 Å². The Balaban J connectivity index is 2.46. The van der Waals surface area contributed by atoms with Gasteiger partial charge in [0.25, 0.3) is 5.91 Å². The lowest BCUT2D eigenvalue weighted by molar-refractivity contribution is -0.155. The highest BCUT2D eigenvalue weighted by Gasteiger charge is 2.14. The Bertz CT molecular complexity index is 480. The molecule has 0 saturated heterocycles. The molecule has 0 aliphatic heterocycles. The van der Waals surface area contributed by atoms with Crippen molar-refractivity contribution < 1.29 is 23.9 Å². The first-order valence-corrected chi connectivity index (χ1v) is 5.62. The van der Waals surface area contributed by atoms with Gasteiger partial charge in [0.1, 0.15) is 5.75 Å². The lowest BCUT2D eigenvalue weighted by atomic mass is 10.1. The predicted octanol–water partition coefficient (Wildman–Crippen LogP) is 0.685. The Kier molecular flexibility index (Phi) is 5.05. The third kappa shape index (κ3) is 4.79.